The molecule has 0 heterocycles. The summed E-state index contributed by atoms with van der Waals surface area (Å²) in [6.45, 7) is 17.2. The van der Waals surface area contributed by atoms with E-state index in [1.165, 1.54) is 0 Å². The number of allylic oxidation sites excluding steroid dienone is 1. The Morgan fingerprint density at radius 1 is 1.18 bits per heavy atom. The van der Waals surface area contributed by atoms with Crippen molar-refractivity contribution in [2.75, 3.05) is 13.2 Å². The Hall–Kier alpha value is -1.12. The van der Waals surface area contributed by atoms with Gasteiger partial charge in [-0.3, -0.25) is 0 Å². The highest BCUT2D eigenvalue weighted by molar-refractivity contribution is 4.86. The van der Waals surface area contributed by atoms with Crippen molar-refractivity contribution in [2.24, 2.45) is 0 Å². The van der Waals surface area contributed by atoms with E-state index in [9.17, 15) is 0 Å². The Balaban J connectivity index is 3.77. The van der Waals surface area contributed by atoms with Gasteiger partial charge in [0.1, 0.15) is 12.2 Å². The fraction of sp³-hybridized carbons (Fsp3) is 0.714. The molecule has 3 heteroatoms. The Bertz CT molecular complexity index is 245. The molecule has 100 valence electrons. The van der Waals surface area contributed by atoms with Gasteiger partial charge in [-0.25, -0.2) is 0 Å². The summed E-state index contributed by atoms with van der Waals surface area (Å²) in [5.41, 5.74) is -0.127. The highest BCUT2D eigenvalue weighted by Crippen LogP contribution is 2.21. The van der Waals surface area contributed by atoms with Gasteiger partial charge in [-0.2, -0.15) is 0 Å². The van der Waals surface area contributed by atoms with Crippen LogP contribution in [0.25, 0.3) is 0 Å². The molecule has 17 heavy (non-hydrogen) atoms. The maximum atomic E-state index is 5.79. The first-order chi connectivity index (χ1) is 7.97. The summed E-state index contributed by atoms with van der Waals surface area (Å²) in [4.78, 5) is 0. The van der Waals surface area contributed by atoms with E-state index in [0.29, 0.717) is 19.0 Å². The van der Waals surface area contributed by atoms with Crippen molar-refractivity contribution in [3.63, 3.8) is 0 Å². The fourth-order valence-electron chi connectivity index (χ4n) is 1.22. The molecule has 0 bridgehead atoms. The number of hydrogen-bond donors (Lipinski definition) is 1. The molecule has 0 amide bonds. The molecule has 0 aromatic rings. The molecule has 0 radical (unpaired) electrons. The summed E-state index contributed by atoms with van der Waals surface area (Å²) in [6.07, 6.45) is 2.78. The second-order valence-electron chi connectivity index (χ2n) is 4.35. The molecule has 0 fully saturated rings. The van der Waals surface area contributed by atoms with Crippen LogP contribution in [0.15, 0.2) is 24.8 Å². The van der Waals surface area contributed by atoms with Crippen LogP contribution in [-0.2, 0) is 9.47 Å². The lowest BCUT2D eigenvalue weighted by Gasteiger charge is -2.29. The maximum Gasteiger partial charge on any atom is 0.179 e. The molecule has 1 N–H and O–H groups in total. The molecular formula is C14H27NO2. The quantitative estimate of drug-likeness (QED) is 0.468. The molecule has 0 unspecified atom stereocenters. The number of rotatable bonds is 10. The zero-order valence-corrected chi connectivity index (χ0v) is 11.8. The Morgan fingerprint density at radius 3 is 2.24 bits per heavy atom. The molecule has 0 saturated heterocycles. The Labute approximate surface area is 106 Å². The fourth-order valence-corrected chi connectivity index (χ4v) is 1.22. The molecule has 0 spiro atoms. The lowest BCUT2D eigenvalue weighted by molar-refractivity contribution is 0.00150. The SMILES string of the molecule is C=C(CC)OCCNC(=C)OC(C)(CC)CC. The van der Waals surface area contributed by atoms with Gasteiger partial charge in [0.05, 0.1) is 12.3 Å². The van der Waals surface area contributed by atoms with E-state index in [0.717, 1.165) is 25.0 Å². The summed E-state index contributed by atoms with van der Waals surface area (Å²) in [6, 6.07) is 0. The topological polar surface area (TPSA) is 30.5 Å². The van der Waals surface area contributed by atoms with Crippen molar-refractivity contribution >= 4 is 0 Å². The monoisotopic (exact) mass is 241 g/mol. The predicted octanol–water partition coefficient (Wildman–Crippen LogP) is 3.58. The van der Waals surface area contributed by atoms with Gasteiger partial charge < -0.3 is 14.8 Å². The van der Waals surface area contributed by atoms with Gasteiger partial charge in [-0.1, -0.05) is 27.4 Å². The second kappa shape index (κ2) is 8.04. The smallest absolute Gasteiger partial charge is 0.179 e. The van der Waals surface area contributed by atoms with E-state index in [4.69, 9.17) is 9.47 Å². The van der Waals surface area contributed by atoms with Crippen molar-refractivity contribution in [3.05, 3.63) is 24.8 Å². The van der Waals surface area contributed by atoms with E-state index in [-0.39, 0.29) is 5.60 Å². The third kappa shape index (κ3) is 6.93. The van der Waals surface area contributed by atoms with E-state index in [1.54, 1.807) is 0 Å². The number of hydrogen-bond acceptors (Lipinski definition) is 3. The molecule has 0 rings (SSSR count). The van der Waals surface area contributed by atoms with Crippen LogP contribution in [0.5, 0.6) is 0 Å². The standard InChI is InChI=1S/C14H27NO2/c1-7-12(4)16-11-10-15-13(5)17-14(6,8-2)9-3/h15H,4-5,7-11H2,1-3,6H3. The molecule has 3 nitrogen and oxygen atoms in total. The van der Waals surface area contributed by atoms with Crippen LogP contribution in [-0.4, -0.2) is 18.8 Å². The first-order valence-corrected chi connectivity index (χ1v) is 6.39. The molecule has 0 aliphatic carbocycles. The third-order valence-electron chi connectivity index (χ3n) is 2.99. The molecule has 0 aliphatic heterocycles. The van der Waals surface area contributed by atoms with Crippen LogP contribution in [0, 0.1) is 0 Å². The van der Waals surface area contributed by atoms with E-state index in [1.807, 2.05) is 6.92 Å². The minimum absolute atomic E-state index is 0.127. The van der Waals surface area contributed by atoms with Gasteiger partial charge in [-0.15, -0.1) is 0 Å². The van der Waals surface area contributed by atoms with Crippen molar-refractivity contribution in [2.45, 2.75) is 52.6 Å². The molecule has 0 aliphatic rings. The second-order valence-corrected chi connectivity index (χ2v) is 4.35. The minimum atomic E-state index is -0.127. The van der Waals surface area contributed by atoms with Gasteiger partial charge in [0.2, 0.25) is 0 Å². The van der Waals surface area contributed by atoms with Crippen LogP contribution in [0.2, 0.25) is 0 Å². The molecule has 0 saturated carbocycles. The Kier molecular flexibility index (Phi) is 7.51. The van der Waals surface area contributed by atoms with Crippen molar-refractivity contribution in [1.82, 2.24) is 5.32 Å². The van der Waals surface area contributed by atoms with Crippen molar-refractivity contribution in [1.29, 1.82) is 0 Å². The lowest BCUT2D eigenvalue weighted by atomic mass is 10.0. The van der Waals surface area contributed by atoms with Gasteiger partial charge in [-0.05, 0) is 26.3 Å². The predicted molar refractivity (Wildman–Crippen MR) is 72.6 cm³/mol. The molecule has 0 aromatic carbocycles. The highest BCUT2D eigenvalue weighted by atomic mass is 16.5. The normalized spacial score (nSPS) is 10.8. The number of ether oxygens (including phenoxy) is 2. The van der Waals surface area contributed by atoms with E-state index in [2.05, 4.69) is 39.2 Å². The molecule has 0 atom stereocenters. The lowest BCUT2D eigenvalue weighted by Crippen LogP contribution is -2.31. The van der Waals surface area contributed by atoms with Crippen LogP contribution in [0.1, 0.15) is 47.0 Å². The van der Waals surface area contributed by atoms with Gasteiger partial charge in [0.15, 0.2) is 5.88 Å². The molecular weight excluding hydrogens is 214 g/mol. The largest absolute Gasteiger partial charge is 0.497 e. The van der Waals surface area contributed by atoms with E-state index >= 15 is 0 Å². The van der Waals surface area contributed by atoms with Crippen molar-refractivity contribution in [3.8, 4) is 0 Å². The van der Waals surface area contributed by atoms with Gasteiger partial charge >= 0.3 is 0 Å². The van der Waals surface area contributed by atoms with E-state index < -0.39 is 0 Å². The van der Waals surface area contributed by atoms with Crippen LogP contribution in [0.4, 0.5) is 0 Å². The average molecular weight is 241 g/mol. The zero-order chi connectivity index (χ0) is 13.3. The summed E-state index contributed by atoms with van der Waals surface area (Å²) in [7, 11) is 0. The summed E-state index contributed by atoms with van der Waals surface area (Å²) in [5.74, 6) is 1.42. The first kappa shape index (κ1) is 15.9. The summed E-state index contributed by atoms with van der Waals surface area (Å²) < 4.78 is 11.2. The highest BCUT2D eigenvalue weighted by Gasteiger charge is 2.21. The molecule has 0 aromatic heterocycles. The zero-order valence-electron chi connectivity index (χ0n) is 11.8. The van der Waals surface area contributed by atoms with Gasteiger partial charge in [0, 0.05) is 6.42 Å². The van der Waals surface area contributed by atoms with Crippen molar-refractivity contribution < 1.29 is 9.47 Å². The van der Waals surface area contributed by atoms with Gasteiger partial charge in [0.25, 0.3) is 0 Å². The first-order valence-electron chi connectivity index (χ1n) is 6.39. The summed E-state index contributed by atoms with van der Waals surface area (Å²) >= 11 is 0. The van der Waals surface area contributed by atoms with Crippen LogP contribution >= 0.6 is 0 Å². The average Bonchev–Trinajstić information content (AvgIpc) is 2.34. The maximum absolute atomic E-state index is 5.79. The minimum Gasteiger partial charge on any atom is -0.497 e. The number of nitrogens with one attached hydrogen (secondary N) is 1. The Morgan fingerprint density at radius 2 is 1.76 bits per heavy atom. The van der Waals surface area contributed by atoms with Crippen LogP contribution < -0.4 is 5.32 Å². The van der Waals surface area contributed by atoms with Crippen LogP contribution in [0.3, 0.4) is 0 Å². The summed E-state index contributed by atoms with van der Waals surface area (Å²) in [5, 5.41) is 3.10. The third-order valence-corrected chi connectivity index (χ3v) is 2.99.